The zero-order chi connectivity index (χ0) is 24.3. The number of hydrogen-bond donors (Lipinski definition) is 0. The summed E-state index contributed by atoms with van der Waals surface area (Å²) in [5.74, 6) is -1.15. The Balaban J connectivity index is 0.00000432. The Morgan fingerprint density at radius 2 is 1.60 bits per heavy atom. The average Bonchev–Trinajstić information content (AvgIpc) is 2.85. The average molecular weight is 484 g/mol. The van der Waals surface area contributed by atoms with Crippen molar-refractivity contribution < 1.29 is 58.2 Å². The Labute approximate surface area is 225 Å². The maximum Gasteiger partial charge on any atom is 1.00 e. The first kappa shape index (κ1) is 27.9. The molecule has 7 nitrogen and oxygen atoms in total. The van der Waals surface area contributed by atoms with Crippen molar-refractivity contribution >= 4 is 11.7 Å². The molecule has 0 saturated heterocycles. The van der Waals surface area contributed by atoms with Crippen molar-refractivity contribution in [3.63, 3.8) is 0 Å². The van der Waals surface area contributed by atoms with E-state index in [-0.39, 0.29) is 48.4 Å². The smallest absolute Gasteiger partial charge is 0.550 e. The summed E-state index contributed by atoms with van der Waals surface area (Å²) in [5, 5.41) is 23.8. The van der Waals surface area contributed by atoms with Crippen LogP contribution in [0.1, 0.15) is 29.0 Å². The van der Waals surface area contributed by atoms with E-state index >= 15 is 0 Å². The van der Waals surface area contributed by atoms with Gasteiger partial charge in [0.2, 0.25) is 0 Å². The van der Waals surface area contributed by atoms with Crippen LogP contribution in [0.2, 0.25) is 0 Å². The third-order valence-electron chi connectivity index (χ3n) is 4.89. The predicted octanol–water partition coefficient (Wildman–Crippen LogP) is 0.585. The van der Waals surface area contributed by atoms with E-state index in [0.29, 0.717) is 34.9 Å². The largest absolute Gasteiger partial charge is 1.00 e. The molecule has 0 aliphatic rings. The number of carboxylic acid groups (broad SMARTS) is 1. The van der Waals surface area contributed by atoms with Crippen molar-refractivity contribution in [2.24, 2.45) is 5.16 Å². The second-order valence-electron chi connectivity index (χ2n) is 7.28. The molecule has 0 N–H and O–H groups in total. The van der Waals surface area contributed by atoms with Crippen LogP contribution in [0.25, 0.3) is 0 Å². The fourth-order valence-electron chi connectivity index (χ4n) is 3.12. The van der Waals surface area contributed by atoms with Crippen LogP contribution in [0.4, 0.5) is 4.39 Å². The molecule has 3 aromatic rings. The van der Waals surface area contributed by atoms with Crippen molar-refractivity contribution in [1.29, 1.82) is 5.26 Å². The predicted molar refractivity (Wildman–Crippen MR) is 121 cm³/mol. The zero-order valence-electron chi connectivity index (χ0n) is 19.4. The number of oxime groups is 1. The first-order valence-corrected chi connectivity index (χ1v) is 10.4. The van der Waals surface area contributed by atoms with E-state index < -0.39 is 11.9 Å². The van der Waals surface area contributed by atoms with Crippen LogP contribution in [-0.2, 0) is 16.2 Å². The number of nitriles is 1. The van der Waals surface area contributed by atoms with Crippen LogP contribution in [0.15, 0.2) is 78.0 Å². The minimum Gasteiger partial charge on any atom is -0.550 e. The summed E-state index contributed by atoms with van der Waals surface area (Å²) < 4.78 is 24.7. The molecule has 0 spiro atoms. The van der Waals surface area contributed by atoms with Crippen LogP contribution in [0, 0.1) is 17.1 Å². The van der Waals surface area contributed by atoms with E-state index in [0.717, 1.165) is 5.56 Å². The number of halogens is 1. The van der Waals surface area contributed by atoms with E-state index in [4.69, 9.17) is 19.6 Å². The molecule has 3 aromatic carbocycles. The maximum absolute atomic E-state index is 13.2. The Bertz CT molecular complexity index is 1160. The first-order valence-electron chi connectivity index (χ1n) is 10.4. The van der Waals surface area contributed by atoms with Gasteiger partial charge in [-0.15, -0.1) is 0 Å². The van der Waals surface area contributed by atoms with Crippen molar-refractivity contribution in [2.45, 2.75) is 18.9 Å². The van der Waals surface area contributed by atoms with Crippen LogP contribution in [0.3, 0.4) is 0 Å². The van der Waals surface area contributed by atoms with Gasteiger partial charge < -0.3 is 24.2 Å². The van der Waals surface area contributed by atoms with Gasteiger partial charge in [-0.25, -0.2) is 4.39 Å². The quantitative estimate of drug-likeness (QED) is 0.224. The number of ether oxygens (including phenoxy) is 2. The van der Waals surface area contributed by atoms with E-state index in [1.165, 1.54) is 19.2 Å². The minimum absolute atomic E-state index is 0. The SMILES string of the molecule is CO/N=C(/COc1ccc(COc2ccc(C(C#N)CC(=O)[O-])cc2)cc1)c1ccc(F)cc1.[Na+]. The summed E-state index contributed by atoms with van der Waals surface area (Å²) in [6, 6.07) is 21.9. The third kappa shape index (κ3) is 8.72. The summed E-state index contributed by atoms with van der Waals surface area (Å²) in [7, 11) is 1.43. The van der Waals surface area contributed by atoms with Crippen molar-refractivity contribution in [1.82, 2.24) is 0 Å². The fourth-order valence-corrected chi connectivity index (χ4v) is 3.12. The van der Waals surface area contributed by atoms with Gasteiger partial charge in [-0.1, -0.05) is 29.4 Å². The molecule has 174 valence electrons. The van der Waals surface area contributed by atoms with Crippen LogP contribution in [-0.4, -0.2) is 25.4 Å². The number of nitrogens with zero attached hydrogens (tertiary/aromatic N) is 2. The summed E-state index contributed by atoms with van der Waals surface area (Å²) in [4.78, 5) is 15.6. The summed E-state index contributed by atoms with van der Waals surface area (Å²) in [5.41, 5.74) is 2.72. The van der Waals surface area contributed by atoms with Gasteiger partial charge in [-0.2, -0.15) is 5.26 Å². The number of hydrogen-bond acceptors (Lipinski definition) is 7. The molecule has 35 heavy (non-hydrogen) atoms. The number of carbonyl (C=O) groups excluding carboxylic acids is 1. The number of rotatable bonds is 11. The number of aliphatic carboxylic acids is 1. The molecule has 0 saturated carbocycles. The maximum atomic E-state index is 13.2. The monoisotopic (exact) mass is 484 g/mol. The Hall–Kier alpha value is -3.38. The fraction of sp³-hybridized carbons (Fsp3) is 0.192. The summed E-state index contributed by atoms with van der Waals surface area (Å²) in [6.07, 6.45) is -0.353. The molecule has 9 heteroatoms. The second-order valence-corrected chi connectivity index (χ2v) is 7.28. The number of benzene rings is 3. The number of carbonyl (C=O) groups is 1. The van der Waals surface area contributed by atoms with E-state index in [9.17, 15) is 14.3 Å². The molecular formula is C26H22FN2NaO5. The topological polar surface area (TPSA) is 104 Å². The van der Waals surface area contributed by atoms with Crippen molar-refractivity contribution in [3.8, 4) is 17.6 Å². The van der Waals surface area contributed by atoms with Crippen LogP contribution >= 0.6 is 0 Å². The Morgan fingerprint density at radius 3 is 2.17 bits per heavy atom. The summed E-state index contributed by atoms with van der Waals surface area (Å²) >= 11 is 0. The summed E-state index contributed by atoms with van der Waals surface area (Å²) in [6.45, 7) is 0.454. The third-order valence-corrected chi connectivity index (χ3v) is 4.89. The Morgan fingerprint density at radius 1 is 1.00 bits per heavy atom. The molecule has 0 amide bonds. The zero-order valence-corrected chi connectivity index (χ0v) is 21.4. The van der Waals surface area contributed by atoms with Gasteiger partial charge in [-0.05, 0) is 59.7 Å². The van der Waals surface area contributed by atoms with Gasteiger partial charge in [-0.3, -0.25) is 0 Å². The normalized spacial score (nSPS) is 11.5. The second kappa shape index (κ2) is 14.1. The number of carboxylic acids is 1. The van der Waals surface area contributed by atoms with Gasteiger partial charge >= 0.3 is 29.6 Å². The minimum atomic E-state index is -1.27. The molecule has 0 radical (unpaired) electrons. The molecule has 0 bridgehead atoms. The van der Waals surface area contributed by atoms with Gasteiger partial charge in [0, 0.05) is 18.0 Å². The molecule has 0 fully saturated rings. The first-order chi connectivity index (χ1) is 16.5. The van der Waals surface area contributed by atoms with Gasteiger partial charge in [0.1, 0.15) is 43.4 Å². The van der Waals surface area contributed by atoms with Gasteiger partial charge in [0.05, 0.1) is 12.0 Å². The standard InChI is InChI=1S/C26H23FN2O5.Na/c1-32-29-25(20-4-8-22(27)9-5-20)17-34-23-10-2-18(3-11-23)16-33-24-12-6-19(7-13-24)21(15-28)14-26(30)31;/h2-13,21H,14,16-17H2,1H3,(H,30,31);/q;+1/p-1/b29-25-;. The van der Waals surface area contributed by atoms with Crippen LogP contribution < -0.4 is 44.1 Å². The van der Waals surface area contributed by atoms with Crippen LogP contribution in [0.5, 0.6) is 11.5 Å². The molecule has 0 aliphatic carbocycles. The van der Waals surface area contributed by atoms with Crippen molar-refractivity contribution in [2.75, 3.05) is 13.7 Å². The van der Waals surface area contributed by atoms with Gasteiger partial charge in [0.15, 0.2) is 0 Å². The Kier molecular flexibility index (Phi) is 11.2. The molecule has 0 aliphatic heterocycles. The molecule has 3 rings (SSSR count). The van der Waals surface area contributed by atoms with Gasteiger partial charge in [0.25, 0.3) is 0 Å². The molecule has 1 unspecified atom stereocenters. The molecular weight excluding hydrogens is 462 g/mol. The van der Waals surface area contributed by atoms with E-state index in [1.54, 1.807) is 48.5 Å². The molecule has 0 heterocycles. The molecule has 1 atom stereocenters. The van der Waals surface area contributed by atoms with Crippen molar-refractivity contribution in [3.05, 3.63) is 95.3 Å². The molecule has 0 aromatic heterocycles. The van der Waals surface area contributed by atoms with E-state index in [2.05, 4.69) is 5.16 Å². The van der Waals surface area contributed by atoms with E-state index in [1.807, 2.05) is 18.2 Å².